The molecule has 0 N–H and O–H groups in total. The minimum Gasteiger partial charge on any atom is -0.384 e. The molecule has 2 aromatic carbocycles. The van der Waals surface area contributed by atoms with Gasteiger partial charge in [-0.05, 0) is 62.1 Å². The van der Waals surface area contributed by atoms with E-state index in [2.05, 4.69) is 0 Å². The van der Waals surface area contributed by atoms with Crippen molar-refractivity contribution in [3.8, 4) is 11.5 Å². The zero-order chi connectivity index (χ0) is 15.6. The Bertz CT molecular complexity index is 620. The number of hydrogen-bond acceptors (Lipinski definition) is 3. The first-order chi connectivity index (χ1) is 9.96. The number of benzene rings is 2. The molecule has 0 spiro atoms. The van der Waals surface area contributed by atoms with Gasteiger partial charge >= 0.3 is 0 Å². The normalized spacial score (nSPS) is 10.1. The fourth-order valence-electron chi connectivity index (χ4n) is 2.30. The minimum absolute atomic E-state index is 0. The maximum atomic E-state index is 5.62. The molecule has 0 heterocycles. The summed E-state index contributed by atoms with van der Waals surface area (Å²) in [6.07, 6.45) is 0. The van der Waals surface area contributed by atoms with Gasteiger partial charge < -0.3 is 8.58 Å². The van der Waals surface area contributed by atoms with Gasteiger partial charge in [0.2, 0.25) is 0 Å². The van der Waals surface area contributed by atoms with E-state index in [0.29, 0.717) is 11.5 Å². The van der Waals surface area contributed by atoms with Crippen molar-refractivity contribution < 1.29 is 30.3 Å². The summed E-state index contributed by atoms with van der Waals surface area (Å²) in [5.41, 5.74) is 4.27. The van der Waals surface area contributed by atoms with E-state index in [4.69, 9.17) is 32.3 Å². The van der Waals surface area contributed by atoms with Crippen LogP contribution in [0.3, 0.4) is 0 Å². The monoisotopic (exact) mass is 390 g/mol. The Hall–Kier alpha value is -0.316. The van der Waals surface area contributed by atoms with E-state index in [0.717, 1.165) is 32.0 Å². The van der Waals surface area contributed by atoms with Gasteiger partial charge in [-0.3, -0.25) is 0 Å². The van der Waals surface area contributed by atoms with Crippen LogP contribution >= 0.6 is 35.5 Å². The summed E-state index contributed by atoms with van der Waals surface area (Å²) in [4.78, 5) is 1.87. The quantitative estimate of drug-likeness (QED) is 0.584. The zero-order valence-electron chi connectivity index (χ0n) is 12.8. The Kier molecular flexibility index (Phi) is 7.63. The van der Waals surface area contributed by atoms with Crippen LogP contribution in [0.2, 0.25) is 0 Å². The van der Waals surface area contributed by atoms with Crippen molar-refractivity contribution in [3.05, 3.63) is 46.5 Å². The van der Waals surface area contributed by atoms with E-state index < -0.39 is 0 Å². The van der Waals surface area contributed by atoms with Crippen LogP contribution in [0.15, 0.2) is 34.1 Å². The standard InChI is InChI=1S/C16H16Cl2O2S.Ti/c1-9-5-11(3)15(19-17)13(7-9)21-14-8-10(2)6-12(4)16(14)20-18;/h5-8H,1-4H3;. The van der Waals surface area contributed by atoms with Crippen LogP contribution in [0.5, 0.6) is 11.5 Å². The van der Waals surface area contributed by atoms with Gasteiger partial charge in [-0.25, -0.2) is 0 Å². The third-order valence-electron chi connectivity index (χ3n) is 3.14. The molecule has 0 fully saturated rings. The van der Waals surface area contributed by atoms with Gasteiger partial charge in [0.15, 0.2) is 11.5 Å². The molecule has 2 aromatic rings. The predicted molar refractivity (Wildman–Crippen MR) is 88.9 cm³/mol. The fraction of sp³-hybridized carbons (Fsp3) is 0.250. The Morgan fingerprint density at radius 3 is 1.41 bits per heavy atom. The molecule has 0 unspecified atom stereocenters. The van der Waals surface area contributed by atoms with Crippen molar-refractivity contribution in [2.75, 3.05) is 0 Å². The molecule has 0 saturated carbocycles. The fourth-order valence-corrected chi connectivity index (χ4v) is 4.12. The molecule has 22 heavy (non-hydrogen) atoms. The van der Waals surface area contributed by atoms with Crippen LogP contribution in [-0.2, 0) is 21.7 Å². The maximum absolute atomic E-state index is 5.62. The second-order valence-corrected chi connectivity index (χ2v) is 6.47. The van der Waals surface area contributed by atoms with Gasteiger partial charge in [-0.1, -0.05) is 23.9 Å². The average Bonchev–Trinajstić information content (AvgIpc) is 2.37. The predicted octanol–water partition coefficient (Wildman–Crippen LogP) is 6.13. The number of aryl methyl sites for hydroxylation is 4. The first-order valence-electron chi connectivity index (χ1n) is 6.43. The summed E-state index contributed by atoms with van der Waals surface area (Å²) in [7, 11) is 0. The average molecular weight is 391 g/mol. The van der Waals surface area contributed by atoms with Crippen LogP contribution in [0.25, 0.3) is 0 Å². The molecular formula is C16H16Cl2O2STi. The summed E-state index contributed by atoms with van der Waals surface area (Å²) >= 11 is 12.8. The van der Waals surface area contributed by atoms with E-state index in [9.17, 15) is 0 Å². The summed E-state index contributed by atoms with van der Waals surface area (Å²) in [6.45, 7) is 8.01. The van der Waals surface area contributed by atoms with Crippen molar-refractivity contribution in [2.45, 2.75) is 37.5 Å². The van der Waals surface area contributed by atoms with Crippen molar-refractivity contribution in [3.63, 3.8) is 0 Å². The minimum atomic E-state index is 0. The molecule has 0 aromatic heterocycles. The van der Waals surface area contributed by atoms with E-state index >= 15 is 0 Å². The number of rotatable bonds is 4. The van der Waals surface area contributed by atoms with E-state index in [1.54, 1.807) is 0 Å². The summed E-state index contributed by atoms with van der Waals surface area (Å²) in [5, 5.41) is 0. The molecule has 0 aliphatic rings. The topological polar surface area (TPSA) is 18.5 Å². The Morgan fingerprint density at radius 2 is 1.09 bits per heavy atom. The molecule has 0 radical (unpaired) electrons. The molecule has 6 heteroatoms. The van der Waals surface area contributed by atoms with Crippen LogP contribution in [-0.4, -0.2) is 0 Å². The SMILES string of the molecule is Cc1cc(C)c(OCl)c(Sc2cc(C)cc(C)c2OCl)c1.[Ti]. The Morgan fingerprint density at radius 1 is 0.727 bits per heavy atom. The molecule has 2 nitrogen and oxygen atoms in total. The largest absolute Gasteiger partial charge is 0.384 e. The molecule has 0 aliphatic heterocycles. The summed E-state index contributed by atoms with van der Waals surface area (Å²) in [6, 6.07) is 8.13. The van der Waals surface area contributed by atoms with Gasteiger partial charge in [0, 0.05) is 21.7 Å². The van der Waals surface area contributed by atoms with Gasteiger partial charge in [-0.15, -0.1) is 0 Å². The Balaban J connectivity index is 0.00000242. The van der Waals surface area contributed by atoms with Crippen LogP contribution in [0, 0.1) is 27.7 Å². The maximum Gasteiger partial charge on any atom is 0.163 e. The smallest absolute Gasteiger partial charge is 0.163 e. The van der Waals surface area contributed by atoms with Crippen LogP contribution < -0.4 is 8.58 Å². The van der Waals surface area contributed by atoms with Gasteiger partial charge in [-0.2, -0.15) is 0 Å². The van der Waals surface area contributed by atoms with Crippen molar-refractivity contribution >= 4 is 35.5 Å². The van der Waals surface area contributed by atoms with Gasteiger partial charge in [0.25, 0.3) is 0 Å². The third kappa shape index (κ3) is 4.36. The van der Waals surface area contributed by atoms with Crippen molar-refractivity contribution in [2.24, 2.45) is 0 Å². The Labute approximate surface area is 160 Å². The van der Waals surface area contributed by atoms with E-state index in [1.165, 1.54) is 11.8 Å². The molecule has 0 saturated heterocycles. The summed E-state index contributed by atoms with van der Waals surface area (Å²) in [5.74, 6) is 1.32. The van der Waals surface area contributed by atoms with Crippen molar-refractivity contribution in [1.82, 2.24) is 0 Å². The number of halogens is 2. The molecular weight excluding hydrogens is 375 g/mol. The number of hydrogen-bond donors (Lipinski definition) is 0. The van der Waals surface area contributed by atoms with Gasteiger partial charge in [0.1, 0.15) is 23.7 Å². The van der Waals surface area contributed by atoms with Crippen molar-refractivity contribution in [1.29, 1.82) is 0 Å². The first-order valence-corrected chi connectivity index (χ1v) is 7.87. The van der Waals surface area contributed by atoms with Gasteiger partial charge in [0.05, 0.1) is 9.79 Å². The molecule has 116 valence electrons. The first kappa shape index (κ1) is 19.7. The third-order valence-corrected chi connectivity index (χ3v) is 4.50. The molecule has 0 aliphatic carbocycles. The second kappa shape index (κ2) is 8.51. The molecule has 2 rings (SSSR count). The second-order valence-electron chi connectivity index (χ2n) is 5.07. The molecule has 0 bridgehead atoms. The zero-order valence-corrected chi connectivity index (χ0v) is 16.7. The van der Waals surface area contributed by atoms with Crippen LogP contribution in [0.4, 0.5) is 0 Å². The van der Waals surface area contributed by atoms with Crippen LogP contribution in [0.1, 0.15) is 22.3 Å². The molecule has 0 atom stereocenters. The van der Waals surface area contributed by atoms with E-state index in [-0.39, 0.29) is 21.7 Å². The summed E-state index contributed by atoms with van der Waals surface area (Å²) < 4.78 is 10.0. The molecule has 0 amide bonds. The van der Waals surface area contributed by atoms with E-state index in [1.807, 2.05) is 52.0 Å².